The van der Waals surface area contributed by atoms with Crippen LogP contribution in [0.3, 0.4) is 0 Å². The number of anilines is 1. The molecule has 8 nitrogen and oxygen atoms in total. The number of pyridine rings is 1. The summed E-state index contributed by atoms with van der Waals surface area (Å²) >= 11 is 0. The topological polar surface area (TPSA) is 114 Å². The lowest BCUT2D eigenvalue weighted by atomic mass is 10.2. The van der Waals surface area contributed by atoms with E-state index in [2.05, 4.69) is 11.1 Å². The fourth-order valence-corrected chi connectivity index (χ4v) is 2.83. The van der Waals surface area contributed by atoms with Crippen LogP contribution in [0.5, 0.6) is 5.75 Å². The van der Waals surface area contributed by atoms with E-state index < -0.39 is 17.8 Å². The smallest absolute Gasteiger partial charge is 0.227 e. The van der Waals surface area contributed by atoms with Crippen molar-refractivity contribution in [3.63, 3.8) is 0 Å². The van der Waals surface area contributed by atoms with Gasteiger partial charge in [-0.25, -0.2) is 4.98 Å². The summed E-state index contributed by atoms with van der Waals surface area (Å²) in [5.41, 5.74) is -0.0219. The van der Waals surface area contributed by atoms with Crippen molar-refractivity contribution in [2.75, 3.05) is 31.1 Å². The number of hydrogen-bond acceptors (Lipinski definition) is 8. The molecule has 130 valence electrons. The minimum atomic E-state index is -0.559. The second kappa shape index (κ2) is 7.34. The number of rotatable bonds is 4. The summed E-state index contributed by atoms with van der Waals surface area (Å²) in [6.45, 7) is 2.53. The zero-order valence-electron chi connectivity index (χ0n) is 13.6. The SMILES string of the molecule is N#Cc1cccnc1N1CCN(Cc2oc(CO)cc(=O)c2O)CC1. The quantitative estimate of drug-likeness (QED) is 0.822. The third-order valence-corrected chi connectivity index (χ3v) is 4.15. The number of aromatic nitrogens is 1. The molecule has 1 saturated heterocycles. The molecule has 0 radical (unpaired) electrons. The van der Waals surface area contributed by atoms with Crippen LogP contribution >= 0.6 is 0 Å². The Labute approximate surface area is 144 Å². The highest BCUT2D eigenvalue weighted by atomic mass is 16.4. The van der Waals surface area contributed by atoms with E-state index in [1.807, 2.05) is 9.80 Å². The average molecular weight is 342 g/mol. The summed E-state index contributed by atoms with van der Waals surface area (Å²) in [7, 11) is 0. The Morgan fingerprint density at radius 2 is 2.08 bits per heavy atom. The van der Waals surface area contributed by atoms with Crippen molar-refractivity contribution < 1.29 is 14.6 Å². The van der Waals surface area contributed by atoms with Crippen molar-refractivity contribution >= 4 is 5.82 Å². The summed E-state index contributed by atoms with van der Waals surface area (Å²) < 4.78 is 5.38. The van der Waals surface area contributed by atoms with Gasteiger partial charge in [0.05, 0.1) is 12.1 Å². The summed E-state index contributed by atoms with van der Waals surface area (Å²) in [6, 6.07) is 6.70. The Morgan fingerprint density at radius 1 is 1.32 bits per heavy atom. The van der Waals surface area contributed by atoms with Gasteiger partial charge in [0.15, 0.2) is 5.76 Å². The Hall–Kier alpha value is -2.89. The van der Waals surface area contributed by atoms with Crippen molar-refractivity contribution in [2.24, 2.45) is 0 Å². The number of aromatic hydroxyl groups is 1. The van der Waals surface area contributed by atoms with Gasteiger partial charge in [0, 0.05) is 38.4 Å². The van der Waals surface area contributed by atoms with Crippen LogP contribution in [0.25, 0.3) is 0 Å². The van der Waals surface area contributed by atoms with Gasteiger partial charge in [0.25, 0.3) is 0 Å². The van der Waals surface area contributed by atoms with Gasteiger partial charge < -0.3 is 19.5 Å². The zero-order valence-corrected chi connectivity index (χ0v) is 13.6. The van der Waals surface area contributed by atoms with Gasteiger partial charge >= 0.3 is 0 Å². The van der Waals surface area contributed by atoms with E-state index in [0.717, 1.165) is 6.07 Å². The lowest BCUT2D eigenvalue weighted by Gasteiger charge is -2.35. The monoisotopic (exact) mass is 342 g/mol. The lowest BCUT2D eigenvalue weighted by molar-refractivity contribution is 0.200. The molecular weight excluding hydrogens is 324 g/mol. The van der Waals surface area contributed by atoms with Crippen molar-refractivity contribution in [1.82, 2.24) is 9.88 Å². The van der Waals surface area contributed by atoms with E-state index in [1.54, 1.807) is 18.3 Å². The van der Waals surface area contributed by atoms with Gasteiger partial charge in [-0.1, -0.05) is 0 Å². The van der Waals surface area contributed by atoms with Crippen LogP contribution in [0.1, 0.15) is 17.1 Å². The van der Waals surface area contributed by atoms with Crippen LogP contribution in [0, 0.1) is 11.3 Å². The van der Waals surface area contributed by atoms with E-state index in [4.69, 9.17) is 9.52 Å². The van der Waals surface area contributed by atoms with E-state index in [-0.39, 0.29) is 18.1 Å². The molecule has 0 bridgehead atoms. The van der Waals surface area contributed by atoms with Crippen LogP contribution in [-0.2, 0) is 13.2 Å². The van der Waals surface area contributed by atoms with Crippen molar-refractivity contribution in [2.45, 2.75) is 13.2 Å². The number of aliphatic hydroxyl groups is 1. The molecule has 8 heteroatoms. The maximum atomic E-state index is 11.7. The van der Waals surface area contributed by atoms with Crippen molar-refractivity contribution in [1.29, 1.82) is 5.26 Å². The first-order chi connectivity index (χ1) is 12.1. The number of piperazine rings is 1. The summed E-state index contributed by atoms with van der Waals surface area (Å²) in [5.74, 6) is 0.529. The molecule has 1 aliphatic heterocycles. The second-order valence-electron chi connectivity index (χ2n) is 5.76. The maximum absolute atomic E-state index is 11.7. The van der Waals surface area contributed by atoms with Crippen LogP contribution in [-0.4, -0.2) is 46.3 Å². The first-order valence-corrected chi connectivity index (χ1v) is 7.90. The fourth-order valence-electron chi connectivity index (χ4n) is 2.83. The maximum Gasteiger partial charge on any atom is 0.227 e. The molecule has 2 N–H and O–H groups in total. The van der Waals surface area contributed by atoms with Gasteiger partial charge in [0.2, 0.25) is 11.2 Å². The van der Waals surface area contributed by atoms with Gasteiger partial charge in [-0.05, 0) is 12.1 Å². The fraction of sp³-hybridized carbons (Fsp3) is 0.353. The molecule has 2 aromatic rings. The highest BCUT2D eigenvalue weighted by Gasteiger charge is 2.22. The molecule has 0 saturated carbocycles. The third-order valence-electron chi connectivity index (χ3n) is 4.15. The van der Waals surface area contributed by atoms with Crippen LogP contribution < -0.4 is 10.3 Å². The molecule has 3 heterocycles. The average Bonchev–Trinajstić information content (AvgIpc) is 2.65. The summed E-state index contributed by atoms with van der Waals surface area (Å²) in [5, 5.41) is 28.2. The standard InChI is InChI=1S/C17H18N4O4/c18-9-12-2-1-3-19-17(12)21-6-4-20(5-7-21)10-15-16(24)14(23)8-13(11-22)25-15/h1-3,8,22,24H,4-7,10-11H2. The van der Waals surface area contributed by atoms with Crippen molar-refractivity contribution in [3.05, 3.63) is 51.7 Å². The molecule has 0 amide bonds. The normalized spacial score (nSPS) is 15.1. The van der Waals surface area contributed by atoms with Crippen LogP contribution in [0.15, 0.2) is 33.6 Å². The van der Waals surface area contributed by atoms with Crippen LogP contribution in [0.2, 0.25) is 0 Å². The minimum Gasteiger partial charge on any atom is -0.502 e. The predicted molar refractivity (Wildman–Crippen MR) is 89.0 cm³/mol. The van der Waals surface area contributed by atoms with Crippen molar-refractivity contribution in [3.8, 4) is 11.8 Å². The Kier molecular flexibility index (Phi) is 4.97. The highest BCUT2D eigenvalue weighted by Crippen LogP contribution is 2.21. The van der Waals surface area contributed by atoms with Gasteiger partial charge in [-0.2, -0.15) is 5.26 Å². The van der Waals surface area contributed by atoms with Gasteiger partial charge in [0.1, 0.15) is 24.3 Å². The minimum absolute atomic E-state index is 0.128. The molecule has 0 aliphatic carbocycles. The molecule has 1 fully saturated rings. The van der Waals surface area contributed by atoms with E-state index in [9.17, 15) is 15.2 Å². The van der Waals surface area contributed by atoms with Gasteiger partial charge in [-0.15, -0.1) is 0 Å². The zero-order chi connectivity index (χ0) is 17.8. The largest absolute Gasteiger partial charge is 0.502 e. The van der Waals surface area contributed by atoms with E-state index in [0.29, 0.717) is 37.6 Å². The molecule has 0 unspecified atom stereocenters. The summed E-state index contributed by atoms with van der Waals surface area (Å²) in [4.78, 5) is 20.0. The first kappa shape index (κ1) is 17.0. The summed E-state index contributed by atoms with van der Waals surface area (Å²) in [6.07, 6.45) is 1.66. The molecule has 1 aliphatic rings. The molecule has 0 atom stereocenters. The molecule has 0 aromatic carbocycles. The predicted octanol–water partition coefficient (Wildman–Crippen LogP) is 0.427. The Balaban J connectivity index is 1.69. The highest BCUT2D eigenvalue weighted by molar-refractivity contribution is 5.53. The first-order valence-electron chi connectivity index (χ1n) is 7.90. The second-order valence-corrected chi connectivity index (χ2v) is 5.76. The number of nitriles is 1. The molecule has 2 aromatic heterocycles. The Morgan fingerprint density at radius 3 is 2.76 bits per heavy atom. The molecule has 3 rings (SSSR count). The number of hydrogen-bond donors (Lipinski definition) is 2. The molecule has 0 spiro atoms. The van der Waals surface area contributed by atoms with Gasteiger partial charge in [-0.3, -0.25) is 9.69 Å². The molecular formula is C17H18N4O4. The lowest BCUT2D eigenvalue weighted by Crippen LogP contribution is -2.46. The number of aliphatic hydroxyl groups excluding tert-OH is 1. The Bertz CT molecular complexity index is 850. The van der Waals surface area contributed by atoms with Crippen LogP contribution in [0.4, 0.5) is 5.82 Å². The third kappa shape index (κ3) is 3.63. The number of nitrogens with zero attached hydrogens (tertiary/aromatic N) is 4. The van der Waals surface area contributed by atoms with E-state index >= 15 is 0 Å². The van der Waals surface area contributed by atoms with E-state index in [1.165, 1.54) is 0 Å². The molecule has 25 heavy (non-hydrogen) atoms.